The summed E-state index contributed by atoms with van der Waals surface area (Å²) in [5, 5.41) is 17.4. The van der Waals surface area contributed by atoms with Crippen LogP contribution < -0.4 is 34.7 Å². The normalized spacial score (nSPS) is 10.3. The van der Waals surface area contributed by atoms with Crippen molar-refractivity contribution >= 4 is 5.97 Å². The van der Waals surface area contributed by atoms with Crippen LogP contribution in [0.15, 0.2) is 0 Å². The number of aliphatic hydroxyl groups is 1. The summed E-state index contributed by atoms with van der Waals surface area (Å²) in [6.07, 6.45) is -0.319. The summed E-state index contributed by atoms with van der Waals surface area (Å²) in [5.41, 5.74) is 0. The molecule has 0 aliphatic rings. The molecule has 0 saturated carbocycles. The number of aliphatic hydroxyl groups excluding tert-OH is 1. The van der Waals surface area contributed by atoms with Crippen LogP contribution in [0.1, 0.15) is 20.8 Å². The average Bonchev–Trinajstić information content (AvgIpc) is 1.82. The molecule has 0 bridgehead atoms. The maximum absolute atomic E-state index is 8.89. The van der Waals surface area contributed by atoms with Gasteiger partial charge < -0.3 is 19.7 Å². The largest absolute Gasteiger partial charge is 1.00 e. The molecule has 0 amide bonds. The van der Waals surface area contributed by atoms with Gasteiger partial charge in [-0.25, -0.2) is 0 Å². The molecule has 4 nitrogen and oxygen atoms in total. The van der Waals surface area contributed by atoms with Gasteiger partial charge in [0.15, 0.2) is 0 Å². The number of hydrogen-bond acceptors (Lipinski definition) is 4. The first kappa shape index (κ1) is 18.2. The maximum atomic E-state index is 8.89. The van der Waals surface area contributed by atoms with E-state index in [9.17, 15) is 0 Å². The standard InChI is InChI=1S/C5H12O2.C2H4O2.Na/c1-3-7-4-5(2)6;1-2(3)4;/h5-6H,3-4H2,1-2H3;1H3,(H,3,4);/q;;+1/p-1. The Hall–Kier alpha value is 0.390. The van der Waals surface area contributed by atoms with Gasteiger partial charge in [-0.05, 0) is 20.8 Å². The van der Waals surface area contributed by atoms with E-state index in [1.807, 2.05) is 6.92 Å². The number of carboxylic acids is 1. The molecule has 0 aromatic heterocycles. The zero-order chi connectivity index (χ0) is 9.28. The molecule has 0 aliphatic heterocycles. The van der Waals surface area contributed by atoms with Crippen LogP contribution in [0.25, 0.3) is 0 Å². The van der Waals surface area contributed by atoms with E-state index in [4.69, 9.17) is 19.7 Å². The van der Waals surface area contributed by atoms with Gasteiger partial charge in [0.2, 0.25) is 0 Å². The molecule has 68 valence electrons. The molecule has 0 saturated heterocycles. The molecule has 1 N–H and O–H groups in total. The molecule has 0 radical (unpaired) electrons. The van der Waals surface area contributed by atoms with E-state index in [0.717, 1.165) is 6.92 Å². The van der Waals surface area contributed by atoms with E-state index in [2.05, 4.69) is 0 Å². The first-order chi connectivity index (χ1) is 5.00. The van der Waals surface area contributed by atoms with Crippen molar-refractivity contribution in [2.24, 2.45) is 0 Å². The van der Waals surface area contributed by atoms with E-state index in [0.29, 0.717) is 13.2 Å². The van der Waals surface area contributed by atoms with Crippen LogP contribution in [-0.2, 0) is 9.53 Å². The average molecular weight is 186 g/mol. The Balaban J connectivity index is -0.000000142. The fourth-order valence-electron chi connectivity index (χ4n) is 0.288. The SMILES string of the molecule is CC(=O)[O-].CCOCC(C)O.[Na+]. The molecule has 0 aliphatic carbocycles. The second-order valence-corrected chi connectivity index (χ2v) is 2.00. The number of hydrogen-bond donors (Lipinski definition) is 1. The second-order valence-electron chi connectivity index (χ2n) is 2.00. The first-order valence-electron chi connectivity index (χ1n) is 3.44. The van der Waals surface area contributed by atoms with Gasteiger partial charge in [-0.15, -0.1) is 0 Å². The van der Waals surface area contributed by atoms with Crippen molar-refractivity contribution in [2.75, 3.05) is 13.2 Å². The first-order valence-corrected chi connectivity index (χ1v) is 3.44. The molecule has 5 heteroatoms. The monoisotopic (exact) mass is 186 g/mol. The van der Waals surface area contributed by atoms with Gasteiger partial charge in [-0.1, -0.05) is 0 Å². The number of carbonyl (C=O) groups excluding carboxylic acids is 1. The van der Waals surface area contributed by atoms with Crippen LogP contribution in [0.5, 0.6) is 0 Å². The molecule has 0 heterocycles. The summed E-state index contributed by atoms with van der Waals surface area (Å²) in [4.78, 5) is 8.89. The number of carbonyl (C=O) groups is 1. The molecule has 0 rings (SSSR count). The van der Waals surface area contributed by atoms with Crippen molar-refractivity contribution in [3.63, 3.8) is 0 Å². The Morgan fingerprint density at radius 3 is 2.08 bits per heavy atom. The quantitative estimate of drug-likeness (QED) is 0.458. The minimum Gasteiger partial charge on any atom is -0.550 e. The van der Waals surface area contributed by atoms with Crippen molar-refractivity contribution in [1.29, 1.82) is 0 Å². The predicted octanol–water partition coefficient (Wildman–Crippen LogP) is -3.84. The van der Waals surface area contributed by atoms with Gasteiger partial charge in [-0.2, -0.15) is 0 Å². The van der Waals surface area contributed by atoms with Crippen LogP contribution in [-0.4, -0.2) is 30.4 Å². The van der Waals surface area contributed by atoms with Crippen LogP contribution >= 0.6 is 0 Å². The second kappa shape index (κ2) is 13.9. The molecule has 0 spiro atoms. The molecule has 0 fully saturated rings. The third-order valence-electron chi connectivity index (χ3n) is 0.563. The fraction of sp³-hybridized carbons (Fsp3) is 0.857. The van der Waals surface area contributed by atoms with E-state index in [1.165, 1.54) is 0 Å². The molecule has 1 unspecified atom stereocenters. The van der Waals surface area contributed by atoms with Crippen LogP contribution in [0, 0.1) is 0 Å². The van der Waals surface area contributed by atoms with Gasteiger partial charge in [0.05, 0.1) is 12.7 Å². The van der Waals surface area contributed by atoms with Crippen LogP contribution in [0.3, 0.4) is 0 Å². The van der Waals surface area contributed by atoms with Gasteiger partial charge >= 0.3 is 29.6 Å². The number of carboxylic acid groups (broad SMARTS) is 1. The molecular formula is C7H15NaO4. The summed E-state index contributed by atoms with van der Waals surface area (Å²) in [6.45, 7) is 5.72. The minimum absolute atomic E-state index is 0. The van der Waals surface area contributed by atoms with Gasteiger partial charge in [0, 0.05) is 12.6 Å². The molecule has 0 aromatic rings. The number of aliphatic carboxylic acids is 1. The van der Waals surface area contributed by atoms with Gasteiger partial charge in [0.25, 0.3) is 0 Å². The summed E-state index contributed by atoms with van der Waals surface area (Å²) >= 11 is 0. The van der Waals surface area contributed by atoms with E-state index in [-0.39, 0.29) is 35.7 Å². The molecule has 1 atom stereocenters. The Bertz CT molecular complexity index is 91.4. The maximum Gasteiger partial charge on any atom is 1.00 e. The van der Waals surface area contributed by atoms with Crippen LogP contribution in [0.4, 0.5) is 0 Å². The number of ether oxygens (including phenoxy) is 1. The van der Waals surface area contributed by atoms with E-state index >= 15 is 0 Å². The topological polar surface area (TPSA) is 69.6 Å². The van der Waals surface area contributed by atoms with Crippen molar-refractivity contribution in [2.45, 2.75) is 26.9 Å². The van der Waals surface area contributed by atoms with Crippen LogP contribution in [0.2, 0.25) is 0 Å². The predicted molar refractivity (Wildman–Crippen MR) is 38.9 cm³/mol. The van der Waals surface area contributed by atoms with Crippen molar-refractivity contribution in [1.82, 2.24) is 0 Å². The van der Waals surface area contributed by atoms with Gasteiger partial charge in [0.1, 0.15) is 0 Å². The van der Waals surface area contributed by atoms with Crippen molar-refractivity contribution in [3.05, 3.63) is 0 Å². The minimum atomic E-state index is -1.08. The third kappa shape index (κ3) is 47.5. The third-order valence-corrected chi connectivity index (χ3v) is 0.563. The Kier molecular flexibility index (Phi) is 21.2. The molecule has 0 aromatic carbocycles. The van der Waals surface area contributed by atoms with E-state index < -0.39 is 5.97 Å². The Morgan fingerprint density at radius 2 is 2.00 bits per heavy atom. The van der Waals surface area contributed by atoms with Crippen molar-refractivity contribution in [3.8, 4) is 0 Å². The summed E-state index contributed by atoms with van der Waals surface area (Å²) in [7, 11) is 0. The number of rotatable bonds is 3. The van der Waals surface area contributed by atoms with Gasteiger partial charge in [-0.3, -0.25) is 0 Å². The van der Waals surface area contributed by atoms with Crippen molar-refractivity contribution < 1.29 is 49.3 Å². The summed E-state index contributed by atoms with van der Waals surface area (Å²) < 4.78 is 4.84. The zero-order valence-electron chi connectivity index (χ0n) is 8.16. The van der Waals surface area contributed by atoms with E-state index in [1.54, 1.807) is 6.92 Å². The fourth-order valence-corrected chi connectivity index (χ4v) is 0.288. The summed E-state index contributed by atoms with van der Waals surface area (Å²) in [5.74, 6) is -1.08. The molecule has 12 heavy (non-hydrogen) atoms. The molecular weight excluding hydrogens is 171 g/mol. The Morgan fingerprint density at radius 1 is 1.67 bits per heavy atom. The Labute approximate surface area is 95.2 Å². The smallest absolute Gasteiger partial charge is 0.550 e. The summed E-state index contributed by atoms with van der Waals surface area (Å²) in [6, 6.07) is 0. The zero-order valence-corrected chi connectivity index (χ0v) is 10.2.